The molecule has 25 heavy (non-hydrogen) atoms. The average molecular weight is 342 g/mol. The zero-order valence-electron chi connectivity index (χ0n) is 14.8. The van der Waals surface area contributed by atoms with Gasteiger partial charge in [0, 0.05) is 37.4 Å². The summed E-state index contributed by atoms with van der Waals surface area (Å²) in [6, 6.07) is 9.90. The molecule has 0 aliphatic carbocycles. The Balaban J connectivity index is 1.46. The Kier molecular flexibility index (Phi) is 4.77. The molecule has 2 aromatic heterocycles. The minimum absolute atomic E-state index is 0.0374. The number of pyridine rings is 1. The molecule has 134 valence electrons. The summed E-state index contributed by atoms with van der Waals surface area (Å²) >= 11 is 0. The van der Waals surface area contributed by atoms with E-state index in [1.165, 1.54) is 0 Å². The predicted molar refractivity (Wildman–Crippen MR) is 94.5 cm³/mol. The van der Waals surface area contributed by atoms with E-state index in [2.05, 4.69) is 16.0 Å². The lowest BCUT2D eigenvalue weighted by molar-refractivity contribution is -0.141. The lowest BCUT2D eigenvalue weighted by atomic mass is 9.73. The Morgan fingerprint density at radius 3 is 3.08 bits per heavy atom. The molecule has 0 radical (unpaired) electrons. The minimum atomic E-state index is 0.0374. The molecule has 0 bridgehead atoms. The molecule has 0 N–H and O–H groups in total. The topological polar surface area (TPSA) is 47.7 Å². The maximum absolute atomic E-state index is 6.13. The lowest BCUT2D eigenvalue weighted by Crippen LogP contribution is -2.57. The van der Waals surface area contributed by atoms with E-state index in [9.17, 15) is 0 Å². The van der Waals surface area contributed by atoms with Crippen LogP contribution in [-0.4, -0.2) is 42.3 Å². The van der Waals surface area contributed by atoms with Gasteiger partial charge in [-0.05, 0) is 44.4 Å². The molecule has 0 unspecified atom stereocenters. The Labute approximate surface area is 148 Å². The second kappa shape index (κ2) is 7.18. The van der Waals surface area contributed by atoms with E-state index in [4.69, 9.17) is 13.9 Å². The molecule has 5 nitrogen and oxygen atoms in total. The Morgan fingerprint density at radius 1 is 1.32 bits per heavy atom. The highest BCUT2D eigenvalue weighted by Gasteiger charge is 2.46. The number of furan rings is 1. The highest BCUT2D eigenvalue weighted by molar-refractivity contribution is 5.10. The first-order valence-electron chi connectivity index (χ1n) is 9.17. The number of rotatable bonds is 5. The fourth-order valence-corrected chi connectivity index (χ4v) is 4.17. The molecule has 5 heteroatoms. The average Bonchev–Trinajstić information content (AvgIpc) is 3.05. The molecular weight excluding hydrogens is 316 g/mol. The summed E-state index contributed by atoms with van der Waals surface area (Å²) in [6.45, 7) is 6.38. The first-order chi connectivity index (χ1) is 12.2. The normalized spacial score (nSPS) is 27.0. The molecule has 4 rings (SSSR count). The summed E-state index contributed by atoms with van der Waals surface area (Å²) in [4.78, 5) is 6.77. The SMILES string of the molecule is Cc1ccc(CN2CC[C@@H]3OCCC[C@@]3(COc3ccccn3)C2)o1. The molecule has 0 saturated carbocycles. The summed E-state index contributed by atoms with van der Waals surface area (Å²) in [5.74, 6) is 2.70. The smallest absolute Gasteiger partial charge is 0.213 e. The number of ether oxygens (including phenoxy) is 2. The third-order valence-electron chi connectivity index (χ3n) is 5.39. The number of piperidine rings is 1. The van der Waals surface area contributed by atoms with Crippen molar-refractivity contribution in [3.63, 3.8) is 0 Å². The molecule has 2 aromatic rings. The first kappa shape index (κ1) is 16.6. The van der Waals surface area contributed by atoms with E-state index in [1.807, 2.05) is 31.2 Å². The standard InChI is InChI=1S/C20H26N2O3/c1-16-6-7-17(25-16)13-22-11-8-18-20(14-22,9-4-12-23-18)15-24-19-5-2-3-10-21-19/h2-3,5-7,10,18H,4,8-9,11-15H2,1H3/t18-,20-/m0/s1. The number of nitrogens with zero attached hydrogens (tertiary/aromatic N) is 2. The van der Waals surface area contributed by atoms with Crippen LogP contribution in [0.2, 0.25) is 0 Å². The zero-order valence-corrected chi connectivity index (χ0v) is 14.8. The predicted octanol–water partition coefficient (Wildman–Crippen LogP) is 3.43. The molecule has 2 aliphatic rings. The molecule has 0 spiro atoms. The largest absolute Gasteiger partial charge is 0.477 e. The summed E-state index contributed by atoms with van der Waals surface area (Å²) in [6.07, 6.45) is 5.33. The maximum Gasteiger partial charge on any atom is 0.213 e. The van der Waals surface area contributed by atoms with E-state index in [-0.39, 0.29) is 11.5 Å². The van der Waals surface area contributed by atoms with E-state index < -0.39 is 0 Å². The third-order valence-corrected chi connectivity index (χ3v) is 5.39. The maximum atomic E-state index is 6.13. The van der Waals surface area contributed by atoms with Gasteiger partial charge in [0.2, 0.25) is 5.88 Å². The van der Waals surface area contributed by atoms with Crippen molar-refractivity contribution in [1.82, 2.24) is 9.88 Å². The van der Waals surface area contributed by atoms with Gasteiger partial charge < -0.3 is 13.9 Å². The van der Waals surface area contributed by atoms with Gasteiger partial charge in [0.1, 0.15) is 11.5 Å². The van der Waals surface area contributed by atoms with E-state index in [0.29, 0.717) is 12.5 Å². The summed E-state index contributed by atoms with van der Waals surface area (Å²) < 4.78 is 18.0. The van der Waals surface area contributed by atoms with Crippen molar-refractivity contribution < 1.29 is 13.9 Å². The van der Waals surface area contributed by atoms with Crippen LogP contribution in [0.25, 0.3) is 0 Å². The van der Waals surface area contributed by atoms with Crippen LogP contribution in [0.4, 0.5) is 0 Å². The lowest BCUT2D eigenvalue weighted by Gasteiger charge is -2.50. The van der Waals surface area contributed by atoms with Crippen molar-refractivity contribution >= 4 is 0 Å². The summed E-state index contributed by atoms with van der Waals surface area (Å²) in [7, 11) is 0. The number of hydrogen-bond acceptors (Lipinski definition) is 5. The molecule has 4 heterocycles. The van der Waals surface area contributed by atoms with Crippen LogP contribution < -0.4 is 4.74 Å². The van der Waals surface area contributed by atoms with Crippen LogP contribution in [0.5, 0.6) is 5.88 Å². The molecule has 0 aromatic carbocycles. The molecule has 2 aliphatic heterocycles. The highest BCUT2D eigenvalue weighted by atomic mass is 16.5. The summed E-state index contributed by atoms with van der Waals surface area (Å²) in [5.41, 5.74) is 0.0374. The van der Waals surface area contributed by atoms with Crippen molar-refractivity contribution in [3.05, 3.63) is 48.0 Å². The number of fused-ring (bicyclic) bond motifs is 1. The van der Waals surface area contributed by atoms with Crippen molar-refractivity contribution in [3.8, 4) is 5.88 Å². The third kappa shape index (κ3) is 3.72. The van der Waals surface area contributed by atoms with Crippen molar-refractivity contribution in [2.45, 2.75) is 38.8 Å². The summed E-state index contributed by atoms with van der Waals surface area (Å²) in [5, 5.41) is 0. The molecular formula is C20H26N2O3. The van der Waals surface area contributed by atoms with Gasteiger partial charge >= 0.3 is 0 Å². The van der Waals surface area contributed by atoms with E-state index in [0.717, 1.165) is 57.0 Å². The number of hydrogen-bond donors (Lipinski definition) is 0. The van der Waals surface area contributed by atoms with Crippen LogP contribution in [0, 0.1) is 12.3 Å². The van der Waals surface area contributed by atoms with Gasteiger partial charge in [-0.2, -0.15) is 0 Å². The Bertz CT molecular complexity index is 687. The molecule has 2 atom stereocenters. The number of aryl methyl sites for hydroxylation is 1. The fourth-order valence-electron chi connectivity index (χ4n) is 4.17. The minimum Gasteiger partial charge on any atom is -0.477 e. The Morgan fingerprint density at radius 2 is 2.28 bits per heavy atom. The Hall–Kier alpha value is -1.85. The van der Waals surface area contributed by atoms with Gasteiger partial charge in [-0.1, -0.05) is 6.07 Å². The van der Waals surface area contributed by atoms with Crippen molar-refractivity contribution in [1.29, 1.82) is 0 Å². The molecule has 2 saturated heterocycles. The van der Waals surface area contributed by atoms with Crippen LogP contribution in [-0.2, 0) is 11.3 Å². The molecule has 2 fully saturated rings. The van der Waals surface area contributed by atoms with Crippen molar-refractivity contribution in [2.24, 2.45) is 5.41 Å². The number of aromatic nitrogens is 1. The van der Waals surface area contributed by atoms with Crippen LogP contribution in [0.1, 0.15) is 30.8 Å². The van der Waals surface area contributed by atoms with E-state index in [1.54, 1.807) is 6.20 Å². The fraction of sp³-hybridized carbons (Fsp3) is 0.550. The van der Waals surface area contributed by atoms with Gasteiger partial charge in [-0.15, -0.1) is 0 Å². The quantitative estimate of drug-likeness (QED) is 0.833. The number of likely N-dealkylation sites (tertiary alicyclic amines) is 1. The monoisotopic (exact) mass is 342 g/mol. The first-order valence-corrected chi connectivity index (χ1v) is 9.17. The van der Waals surface area contributed by atoms with Crippen molar-refractivity contribution in [2.75, 3.05) is 26.3 Å². The molecule has 0 amide bonds. The second-order valence-corrected chi connectivity index (χ2v) is 7.29. The van der Waals surface area contributed by atoms with Crippen LogP contribution >= 0.6 is 0 Å². The second-order valence-electron chi connectivity index (χ2n) is 7.29. The van der Waals surface area contributed by atoms with Gasteiger partial charge in [0.05, 0.1) is 19.3 Å². The zero-order chi connectivity index (χ0) is 17.1. The van der Waals surface area contributed by atoms with Gasteiger partial charge in [0.15, 0.2) is 0 Å². The van der Waals surface area contributed by atoms with Crippen LogP contribution in [0.15, 0.2) is 40.9 Å². The van der Waals surface area contributed by atoms with Crippen LogP contribution in [0.3, 0.4) is 0 Å². The van der Waals surface area contributed by atoms with Gasteiger partial charge in [-0.25, -0.2) is 4.98 Å². The van der Waals surface area contributed by atoms with Gasteiger partial charge in [0.25, 0.3) is 0 Å². The van der Waals surface area contributed by atoms with Gasteiger partial charge in [-0.3, -0.25) is 4.90 Å². The highest BCUT2D eigenvalue weighted by Crippen LogP contribution is 2.41. The van der Waals surface area contributed by atoms with E-state index >= 15 is 0 Å².